The molecule has 1 aliphatic rings. The molecule has 0 bridgehead atoms. The Balaban J connectivity index is 0.00000162. The van der Waals surface area contributed by atoms with Crippen LogP contribution in [0.2, 0.25) is 0 Å². The van der Waals surface area contributed by atoms with Crippen molar-refractivity contribution in [3.8, 4) is 0 Å². The van der Waals surface area contributed by atoms with Crippen molar-refractivity contribution >= 4 is 18.4 Å². The van der Waals surface area contributed by atoms with Gasteiger partial charge in [0, 0.05) is 25.7 Å². The average molecular weight is 271 g/mol. The summed E-state index contributed by atoms with van der Waals surface area (Å²) in [7, 11) is 1.40. The number of rotatable bonds is 3. The quantitative estimate of drug-likeness (QED) is 0.845. The number of nitrogens with zero attached hydrogens (tertiary/aromatic N) is 1. The Labute approximate surface area is 114 Å². The van der Waals surface area contributed by atoms with Gasteiger partial charge in [0.2, 0.25) is 0 Å². The fraction of sp³-hybridized carbons (Fsp3) is 0.462. The van der Waals surface area contributed by atoms with Gasteiger partial charge in [0.15, 0.2) is 0 Å². The van der Waals surface area contributed by atoms with Crippen LogP contribution in [0.15, 0.2) is 24.3 Å². The molecule has 18 heavy (non-hydrogen) atoms. The van der Waals surface area contributed by atoms with Crippen LogP contribution in [0.25, 0.3) is 0 Å². The van der Waals surface area contributed by atoms with Crippen molar-refractivity contribution in [2.45, 2.75) is 19.0 Å². The van der Waals surface area contributed by atoms with Crippen molar-refractivity contribution in [1.29, 1.82) is 0 Å². The van der Waals surface area contributed by atoms with E-state index in [4.69, 9.17) is 10.5 Å². The summed E-state index contributed by atoms with van der Waals surface area (Å²) in [5.41, 5.74) is 7.59. The zero-order chi connectivity index (χ0) is 12.3. The predicted octanol–water partition coefficient (Wildman–Crippen LogP) is 1.43. The number of carbonyl (C=O) groups excluding carboxylic acids is 1. The Hall–Kier alpha value is -1.10. The summed E-state index contributed by atoms with van der Waals surface area (Å²) in [5.74, 6) is -0.287. The van der Waals surface area contributed by atoms with E-state index in [1.54, 1.807) is 6.07 Å². The normalized spacial score (nSPS) is 19.3. The van der Waals surface area contributed by atoms with Gasteiger partial charge in [0.1, 0.15) is 0 Å². The summed E-state index contributed by atoms with van der Waals surface area (Å²) in [4.78, 5) is 13.7. The fourth-order valence-corrected chi connectivity index (χ4v) is 2.18. The Morgan fingerprint density at radius 2 is 2.33 bits per heavy atom. The molecule has 100 valence electrons. The number of halogens is 1. The van der Waals surface area contributed by atoms with Gasteiger partial charge in [0.05, 0.1) is 12.7 Å². The van der Waals surface area contributed by atoms with Gasteiger partial charge in [-0.2, -0.15) is 0 Å². The Morgan fingerprint density at radius 1 is 1.56 bits per heavy atom. The molecule has 0 spiro atoms. The molecule has 1 fully saturated rings. The number of hydrogen-bond acceptors (Lipinski definition) is 4. The first kappa shape index (κ1) is 15.0. The molecule has 1 saturated heterocycles. The van der Waals surface area contributed by atoms with Crippen LogP contribution in [0.1, 0.15) is 22.3 Å². The van der Waals surface area contributed by atoms with Crippen LogP contribution in [0.3, 0.4) is 0 Å². The minimum atomic E-state index is -0.287. The second kappa shape index (κ2) is 6.73. The SMILES string of the molecule is COC(=O)c1cccc(CN2CC[C@@H](N)C2)c1.Cl. The number of benzene rings is 1. The molecule has 0 aliphatic carbocycles. The van der Waals surface area contributed by atoms with Crippen LogP contribution in [-0.4, -0.2) is 37.1 Å². The maximum atomic E-state index is 11.4. The molecule has 0 saturated carbocycles. The minimum Gasteiger partial charge on any atom is -0.465 e. The molecule has 1 atom stereocenters. The van der Waals surface area contributed by atoms with E-state index in [0.717, 1.165) is 31.6 Å². The first-order valence-electron chi connectivity index (χ1n) is 5.84. The van der Waals surface area contributed by atoms with E-state index in [0.29, 0.717) is 11.6 Å². The molecule has 4 nitrogen and oxygen atoms in total. The molecule has 2 N–H and O–H groups in total. The van der Waals surface area contributed by atoms with Crippen LogP contribution in [0.4, 0.5) is 0 Å². The Morgan fingerprint density at radius 3 is 2.94 bits per heavy atom. The molecule has 1 aromatic rings. The van der Waals surface area contributed by atoms with Crippen LogP contribution in [0.5, 0.6) is 0 Å². The van der Waals surface area contributed by atoms with E-state index in [9.17, 15) is 4.79 Å². The smallest absolute Gasteiger partial charge is 0.337 e. The number of carbonyl (C=O) groups is 1. The summed E-state index contributed by atoms with van der Waals surface area (Å²) in [5, 5.41) is 0. The van der Waals surface area contributed by atoms with E-state index in [1.807, 2.05) is 18.2 Å². The summed E-state index contributed by atoms with van der Waals surface area (Å²) >= 11 is 0. The zero-order valence-corrected chi connectivity index (χ0v) is 11.3. The summed E-state index contributed by atoms with van der Waals surface area (Å²) in [6.07, 6.45) is 1.05. The minimum absolute atomic E-state index is 0. The van der Waals surface area contributed by atoms with Crippen molar-refractivity contribution in [2.75, 3.05) is 20.2 Å². The lowest BCUT2D eigenvalue weighted by Crippen LogP contribution is -2.26. The second-order valence-electron chi connectivity index (χ2n) is 4.48. The third-order valence-corrected chi connectivity index (χ3v) is 3.06. The first-order valence-corrected chi connectivity index (χ1v) is 5.84. The average Bonchev–Trinajstić information content (AvgIpc) is 2.74. The third-order valence-electron chi connectivity index (χ3n) is 3.06. The van der Waals surface area contributed by atoms with E-state index in [-0.39, 0.29) is 18.4 Å². The van der Waals surface area contributed by atoms with Crippen molar-refractivity contribution in [2.24, 2.45) is 5.73 Å². The largest absolute Gasteiger partial charge is 0.465 e. The van der Waals surface area contributed by atoms with Crippen molar-refractivity contribution in [3.63, 3.8) is 0 Å². The second-order valence-corrected chi connectivity index (χ2v) is 4.48. The topological polar surface area (TPSA) is 55.6 Å². The lowest BCUT2D eigenvalue weighted by atomic mass is 10.1. The summed E-state index contributed by atoms with van der Waals surface area (Å²) < 4.78 is 4.71. The summed E-state index contributed by atoms with van der Waals surface area (Å²) in [6.45, 7) is 2.81. The van der Waals surface area contributed by atoms with Crippen LogP contribution < -0.4 is 5.73 Å². The third kappa shape index (κ3) is 3.70. The van der Waals surface area contributed by atoms with Gasteiger partial charge in [-0.05, 0) is 24.1 Å². The standard InChI is InChI=1S/C13H18N2O2.ClH/c1-17-13(16)11-4-2-3-10(7-11)8-15-6-5-12(14)9-15;/h2-4,7,12H,5-6,8-9,14H2,1H3;1H/t12-;/m1./s1. The van der Waals surface area contributed by atoms with Crippen molar-refractivity contribution in [1.82, 2.24) is 4.90 Å². The molecule has 0 aromatic heterocycles. The predicted molar refractivity (Wildman–Crippen MR) is 72.9 cm³/mol. The van der Waals surface area contributed by atoms with E-state index in [1.165, 1.54) is 7.11 Å². The van der Waals surface area contributed by atoms with Gasteiger partial charge in [0.25, 0.3) is 0 Å². The molecular weight excluding hydrogens is 252 g/mol. The maximum Gasteiger partial charge on any atom is 0.337 e. The van der Waals surface area contributed by atoms with Gasteiger partial charge in [-0.15, -0.1) is 12.4 Å². The van der Waals surface area contributed by atoms with Crippen LogP contribution >= 0.6 is 12.4 Å². The van der Waals surface area contributed by atoms with Gasteiger partial charge in [-0.1, -0.05) is 12.1 Å². The van der Waals surface area contributed by atoms with Gasteiger partial charge < -0.3 is 10.5 Å². The number of hydrogen-bond donors (Lipinski definition) is 1. The molecule has 0 amide bonds. The highest BCUT2D eigenvalue weighted by atomic mass is 35.5. The van der Waals surface area contributed by atoms with E-state index in [2.05, 4.69) is 4.90 Å². The number of nitrogens with two attached hydrogens (primary N) is 1. The van der Waals surface area contributed by atoms with Crippen molar-refractivity contribution < 1.29 is 9.53 Å². The highest BCUT2D eigenvalue weighted by Crippen LogP contribution is 2.13. The van der Waals surface area contributed by atoms with Crippen LogP contribution in [0, 0.1) is 0 Å². The number of esters is 1. The first-order chi connectivity index (χ1) is 8.19. The zero-order valence-electron chi connectivity index (χ0n) is 10.5. The molecule has 1 heterocycles. The highest BCUT2D eigenvalue weighted by molar-refractivity contribution is 5.89. The Kier molecular flexibility index (Phi) is 5.59. The molecular formula is C13H19ClN2O2. The summed E-state index contributed by atoms with van der Waals surface area (Å²) in [6, 6.07) is 7.85. The monoisotopic (exact) mass is 270 g/mol. The molecule has 5 heteroatoms. The molecule has 1 aromatic carbocycles. The van der Waals surface area contributed by atoms with Crippen LogP contribution in [-0.2, 0) is 11.3 Å². The molecule has 2 rings (SSSR count). The fourth-order valence-electron chi connectivity index (χ4n) is 2.18. The lowest BCUT2D eigenvalue weighted by molar-refractivity contribution is 0.0600. The molecule has 0 unspecified atom stereocenters. The highest BCUT2D eigenvalue weighted by Gasteiger charge is 2.19. The van der Waals surface area contributed by atoms with E-state index >= 15 is 0 Å². The number of likely N-dealkylation sites (tertiary alicyclic amines) is 1. The molecule has 0 radical (unpaired) electrons. The lowest BCUT2D eigenvalue weighted by Gasteiger charge is -2.15. The Bertz CT molecular complexity index is 412. The van der Waals surface area contributed by atoms with E-state index < -0.39 is 0 Å². The van der Waals surface area contributed by atoms with Gasteiger partial charge in [-0.3, -0.25) is 4.90 Å². The number of methoxy groups -OCH3 is 1. The molecule has 1 aliphatic heterocycles. The van der Waals surface area contributed by atoms with Gasteiger partial charge >= 0.3 is 5.97 Å². The van der Waals surface area contributed by atoms with Gasteiger partial charge in [-0.25, -0.2) is 4.79 Å². The number of ether oxygens (including phenoxy) is 1. The van der Waals surface area contributed by atoms with Crippen molar-refractivity contribution in [3.05, 3.63) is 35.4 Å². The maximum absolute atomic E-state index is 11.4.